The number of anilines is 2. The number of nitrogens with two attached hydrogens (primary N) is 1. The number of carbonyl (C=O) groups excluding carboxylic acids is 1. The molecule has 1 unspecified atom stereocenters. The van der Waals surface area contributed by atoms with Crippen molar-refractivity contribution in [3.8, 4) is 11.3 Å². The van der Waals surface area contributed by atoms with Crippen LogP contribution in [0.4, 0.5) is 20.3 Å². The fourth-order valence-electron chi connectivity index (χ4n) is 5.03. The summed E-state index contributed by atoms with van der Waals surface area (Å²) in [4.78, 5) is 16.1. The standard InChI is InChI=1S/C30H32F2N6O3S/c1-19-15-16-38-29-21(9-5-3-2-4-6-12-26(39)35-19)18-34-30(33)27(29)28(36-38)20-13-14-24(23(32)17-20)37-42(40,41)25-11-8-7-10-22(25)31/h5,7-11,13-14,17-19,37H,2-4,6,12,15-16H2,1H3,(H2,33,34)(H,35,39)/b9-5+. The summed E-state index contributed by atoms with van der Waals surface area (Å²) < 4.78 is 58.8. The van der Waals surface area contributed by atoms with Gasteiger partial charge in [-0.2, -0.15) is 5.10 Å². The van der Waals surface area contributed by atoms with Crippen LogP contribution in [0.15, 0.2) is 59.6 Å². The lowest BCUT2D eigenvalue weighted by atomic mass is 10.1. The van der Waals surface area contributed by atoms with E-state index in [1.165, 1.54) is 24.3 Å². The Labute approximate surface area is 242 Å². The van der Waals surface area contributed by atoms with Crippen LogP contribution in [-0.2, 0) is 21.4 Å². The zero-order valence-corrected chi connectivity index (χ0v) is 23.9. The first-order chi connectivity index (χ1) is 20.1. The molecule has 42 heavy (non-hydrogen) atoms. The molecule has 2 aromatic carbocycles. The zero-order valence-electron chi connectivity index (χ0n) is 23.1. The Morgan fingerprint density at radius 2 is 1.90 bits per heavy atom. The molecule has 0 fully saturated rings. The monoisotopic (exact) mass is 594 g/mol. The first-order valence-corrected chi connectivity index (χ1v) is 15.3. The van der Waals surface area contributed by atoms with Gasteiger partial charge < -0.3 is 11.1 Å². The SMILES string of the molecule is CC1CCn2nc(-c3ccc(NS(=O)(=O)c4ccccc4F)c(F)c3)c3c(N)ncc(c32)/C=C/CCCCCC(=O)N1. The van der Waals surface area contributed by atoms with E-state index in [2.05, 4.69) is 21.1 Å². The molecule has 220 valence electrons. The second-order valence-corrected chi connectivity index (χ2v) is 12.0. The molecule has 1 aliphatic rings. The van der Waals surface area contributed by atoms with Gasteiger partial charge >= 0.3 is 0 Å². The number of sulfonamides is 1. The first kappa shape index (κ1) is 29.2. The van der Waals surface area contributed by atoms with Crippen molar-refractivity contribution >= 4 is 44.4 Å². The number of benzene rings is 2. The van der Waals surface area contributed by atoms with Gasteiger partial charge in [-0.3, -0.25) is 14.2 Å². The van der Waals surface area contributed by atoms with Gasteiger partial charge in [-0.05, 0) is 56.9 Å². The Hall–Kier alpha value is -4.32. The van der Waals surface area contributed by atoms with Gasteiger partial charge in [-0.1, -0.05) is 36.8 Å². The third kappa shape index (κ3) is 6.28. The van der Waals surface area contributed by atoms with E-state index in [4.69, 9.17) is 10.8 Å². The molecule has 9 nitrogen and oxygen atoms in total. The van der Waals surface area contributed by atoms with Crippen molar-refractivity contribution in [1.82, 2.24) is 20.1 Å². The second kappa shape index (κ2) is 12.3. The fraction of sp³-hybridized carbons (Fsp3) is 0.300. The molecule has 3 heterocycles. The van der Waals surface area contributed by atoms with Crippen molar-refractivity contribution in [3.05, 3.63) is 71.9 Å². The molecular weight excluding hydrogens is 562 g/mol. The van der Waals surface area contributed by atoms with E-state index in [1.807, 2.05) is 13.0 Å². The Morgan fingerprint density at radius 3 is 2.69 bits per heavy atom. The van der Waals surface area contributed by atoms with E-state index in [0.29, 0.717) is 36.0 Å². The highest BCUT2D eigenvalue weighted by Gasteiger charge is 2.23. The van der Waals surface area contributed by atoms with Crippen molar-refractivity contribution < 1.29 is 22.0 Å². The number of amides is 1. The summed E-state index contributed by atoms with van der Waals surface area (Å²) in [5, 5.41) is 8.37. The van der Waals surface area contributed by atoms with Crippen molar-refractivity contribution in [2.75, 3.05) is 10.5 Å². The molecule has 12 heteroatoms. The summed E-state index contributed by atoms with van der Waals surface area (Å²) in [7, 11) is -4.37. The molecular formula is C30H32F2N6O3S. The van der Waals surface area contributed by atoms with Crippen LogP contribution in [0.5, 0.6) is 0 Å². The van der Waals surface area contributed by atoms with Gasteiger partial charge in [0.15, 0.2) is 0 Å². The smallest absolute Gasteiger partial charge is 0.264 e. The summed E-state index contributed by atoms with van der Waals surface area (Å²) in [5.41, 5.74) is 8.28. The number of aromatic nitrogens is 3. The van der Waals surface area contributed by atoms with Gasteiger partial charge in [0.05, 0.1) is 16.6 Å². The molecule has 5 rings (SSSR count). The summed E-state index contributed by atoms with van der Waals surface area (Å²) in [6.07, 6.45) is 10.4. The predicted octanol–water partition coefficient (Wildman–Crippen LogP) is 5.63. The van der Waals surface area contributed by atoms with Crippen molar-refractivity contribution in [3.63, 3.8) is 0 Å². The van der Waals surface area contributed by atoms with E-state index >= 15 is 4.39 Å². The van der Waals surface area contributed by atoms with Gasteiger partial charge in [0.2, 0.25) is 5.91 Å². The van der Waals surface area contributed by atoms with E-state index in [0.717, 1.165) is 55.0 Å². The van der Waals surface area contributed by atoms with Crippen LogP contribution < -0.4 is 15.8 Å². The number of hydrogen-bond donors (Lipinski definition) is 3. The number of hydrogen-bond acceptors (Lipinski definition) is 6. The first-order valence-electron chi connectivity index (χ1n) is 13.8. The highest BCUT2D eigenvalue weighted by atomic mass is 32.2. The van der Waals surface area contributed by atoms with Gasteiger partial charge in [0.25, 0.3) is 10.0 Å². The Morgan fingerprint density at radius 1 is 1.10 bits per heavy atom. The number of rotatable bonds is 4. The van der Waals surface area contributed by atoms with Gasteiger partial charge in [0.1, 0.15) is 28.0 Å². The number of halogens is 2. The number of nitrogen functional groups attached to an aromatic ring is 1. The lowest BCUT2D eigenvalue weighted by Crippen LogP contribution is -2.33. The van der Waals surface area contributed by atoms with Gasteiger partial charge in [-0.25, -0.2) is 22.2 Å². The Bertz CT molecular complexity index is 1770. The highest BCUT2D eigenvalue weighted by Crippen LogP contribution is 2.35. The lowest BCUT2D eigenvalue weighted by Gasteiger charge is -2.14. The van der Waals surface area contributed by atoms with Crippen molar-refractivity contribution in [2.24, 2.45) is 0 Å². The van der Waals surface area contributed by atoms with Crippen LogP contribution in [0.25, 0.3) is 28.2 Å². The third-order valence-corrected chi connectivity index (χ3v) is 8.59. The number of aryl methyl sites for hydroxylation is 1. The summed E-state index contributed by atoms with van der Waals surface area (Å²) in [6, 6.07) is 8.70. The van der Waals surface area contributed by atoms with E-state index < -0.39 is 26.6 Å². The molecule has 4 aromatic rings. The average Bonchev–Trinajstić information content (AvgIpc) is 3.34. The largest absolute Gasteiger partial charge is 0.383 e. The minimum absolute atomic E-state index is 0.0225. The quantitative estimate of drug-likeness (QED) is 0.281. The van der Waals surface area contributed by atoms with Gasteiger partial charge in [0, 0.05) is 36.3 Å². The topological polar surface area (TPSA) is 132 Å². The maximum Gasteiger partial charge on any atom is 0.264 e. The van der Waals surface area contributed by atoms with Crippen LogP contribution >= 0.6 is 0 Å². The van der Waals surface area contributed by atoms with Crippen LogP contribution in [0.3, 0.4) is 0 Å². The molecule has 0 spiro atoms. The van der Waals surface area contributed by atoms with E-state index in [1.54, 1.807) is 10.9 Å². The minimum atomic E-state index is -4.37. The molecule has 0 radical (unpaired) electrons. The molecule has 0 saturated heterocycles. The van der Waals surface area contributed by atoms with Crippen molar-refractivity contribution in [2.45, 2.75) is 62.9 Å². The molecule has 1 aliphatic heterocycles. The van der Waals surface area contributed by atoms with E-state index in [-0.39, 0.29) is 23.5 Å². The number of nitrogens with zero attached hydrogens (tertiary/aromatic N) is 3. The van der Waals surface area contributed by atoms with Crippen molar-refractivity contribution in [1.29, 1.82) is 0 Å². The molecule has 1 amide bonds. The number of nitrogens with one attached hydrogen (secondary N) is 2. The van der Waals surface area contributed by atoms with Gasteiger partial charge in [-0.15, -0.1) is 0 Å². The summed E-state index contributed by atoms with van der Waals surface area (Å²) in [5.74, 6) is -1.58. The minimum Gasteiger partial charge on any atom is -0.383 e. The average molecular weight is 595 g/mol. The molecule has 2 aromatic heterocycles. The maximum atomic E-state index is 15.3. The molecule has 0 bridgehead atoms. The zero-order chi connectivity index (χ0) is 29.9. The summed E-state index contributed by atoms with van der Waals surface area (Å²) >= 11 is 0. The number of allylic oxidation sites excluding steroid dienone is 1. The van der Waals surface area contributed by atoms with Crippen LogP contribution in [0.1, 0.15) is 51.0 Å². The lowest BCUT2D eigenvalue weighted by molar-refractivity contribution is -0.121. The Balaban J connectivity index is 1.54. The highest BCUT2D eigenvalue weighted by molar-refractivity contribution is 7.92. The molecule has 0 aliphatic carbocycles. The van der Waals surface area contributed by atoms with Crippen LogP contribution in [0, 0.1) is 11.6 Å². The van der Waals surface area contributed by atoms with E-state index in [9.17, 15) is 17.6 Å². The number of carbonyl (C=O) groups is 1. The Kier molecular flexibility index (Phi) is 8.53. The summed E-state index contributed by atoms with van der Waals surface area (Å²) in [6.45, 7) is 2.39. The molecule has 0 saturated carbocycles. The second-order valence-electron chi connectivity index (χ2n) is 10.4. The maximum absolute atomic E-state index is 15.3. The normalized spacial score (nSPS) is 17.7. The number of pyridine rings is 1. The third-order valence-electron chi connectivity index (χ3n) is 7.19. The van der Waals surface area contributed by atoms with Crippen LogP contribution in [0.2, 0.25) is 0 Å². The molecule has 4 N–H and O–H groups in total. The van der Waals surface area contributed by atoms with Crippen LogP contribution in [-0.4, -0.2) is 35.1 Å². The fourth-order valence-corrected chi connectivity index (χ4v) is 6.17. The molecule has 1 atom stereocenters. The predicted molar refractivity (Wildman–Crippen MR) is 159 cm³/mol.